The van der Waals surface area contributed by atoms with E-state index >= 15 is 0 Å². The predicted octanol–water partition coefficient (Wildman–Crippen LogP) is 2.52. The van der Waals surface area contributed by atoms with Gasteiger partial charge < -0.3 is 14.4 Å². The molecule has 0 aromatic carbocycles. The van der Waals surface area contributed by atoms with Crippen LogP contribution in [-0.2, 0) is 11.3 Å². The fourth-order valence-corrected chi connectivity index (χ4v) is 1.44. The van der Waals surface area contributed by atoms with Crippen molar-refractivity contribution < 1.29 is 24.0 Å². The van der Waals surface area contributed by atoms with Gasteiger partial charge in [0.15, 0.2) is 0 Å². The highest BCUT2D eigenvalue weighted by molar-refractivity contribution is 5.84. The van der Waals surface area contributed by atoms with Gasteiger partial charge in [-0.05, 0) is 34.6 Å². The number of carbonyl (C=O) groups excluding carboxylic acids is 1. The molecule has 0 atom stereocenters. The zero-order valence-corrected chi connectivity index (χ0v) is 12.3. The second-order valence-corrected chi connectivity index (χ2v) is 5.69. The van der Waals surface area contributed by atoms with Crippen LogP contribution in [0.15, 0.2) is 10.6 Å². The molecule has 1 aromatic rings. The Hall–Kier alpha value is -2.05. The summed E-state index contributed by atoms with van der Waals surface area (Å²) in [5.74, 6) is -1.45. The lowest BCUT2D eigenvalue weighted by molar-refractivity contribution is 0.0167. The van der Waals surface area contributed by atoms with Crippen LogP contribution in [0, 0.1) is 0 Å². The Balaban J connectivity index is 2.81. The van der Waals surface area contributed by atoms with E-state index in [0.717, 1.165) is 0 Å². The third-order valence-electron chi connectivity index (χ3n) is 2.35. The Kier molecular flexibility index (Phi) is 4.75. The second-order valence-electron chi connectivity index (χ2n) is 5.69. The Morgan fingerprint density at radius 2 is 2.05 bits per heavy atom. The van der Waals surface area contributed by atoms with Crippen molar-refractivity contribution in [2.75, 3.05) is 0 Å². The van der Waals surface area contributed by atoms with Crippen molar-refractivity contribution >= 4 is 12.1 Å². The molecule has 7 nitrogen and oxygen atoms in total. The van der Waals surface area contributed by atoms with Crippen LogP contribution < -0.4 is 0 Å². The molecule has 20 heavy (non-hydrogen) atoms. The lowest BCUT2D eigenvalue weighted by Gasteiger charge is -2.29. The fraction of sp³-hybridized carbons (Fsp3) is 0.615. The summed E-state index contributed by atoms with van der Waals surface area (Å²) in [6.45, 7) is 9.14. The van der Waals surface area contributed by atoms with Crippen molar-refractivity contribution in [3.8, 4) is 0 Å². The third kappa shape index (κ3) is 4.56. The van der Waals surface area contributed by atoms with Gasteiger partial charge in [0.25, 0.3) is 0 Å². The van der Waals surface area contributed by atoms with E-state index in [-0.39, 0.29) is 18.3 Å². The molecule has 0 radical (unpaired) electrons. The highest BCUT2D eigenvalue weighted by Gasteiger charge is 2.25. The lowest BCUT2D eigenvalue weighted by atomic mass is 10.2. The van der Waals surface area contributed by atoms with Crippen LogP contribution in [0.3, 0.4) is 0 Å². The average molecular weight is 284 g/mol. The van der Waals surface area contributed by atoms with Gasteiger partial charge in [0.1, 0.15) is 11.3 Å². The Morgan fingerprint density at radius 3 is 2.45 bits per heavy atom. The maximum absolute atomic E-state index is 12.1. The van der Waals surface area contributed by atoms with E-state index in [2.05, 4.69) is 9.68 Å². The number of aromatic carboxylic acids is 1. The molecule has 0 aliphatic rings. The Labute approximate surface area is 117 Å². The van der Waals surface area contributed by atoms with Crippen LogP contribution in [0.1, 0.15) is 50.9 Å². The SMILES string of the molecule is CC(C)N(Cc1cc(C(=O)O)on1)C(=O)OC(C)(C)C. The minimum atomic E-state index is -1.20. The fourth-order valence-electron chi connectivity index (χ4n) is 1.44. The first-order chi connectivity index (χ1) is 9.10. The molecule has 0 aliphatic heterocycles. The van der Waals surface area contributed by atoms with Gasteiger partial charge in [-0.3, -0.25) is 4.90 Å². The molecule has 0 unspecified atom stereocenters. The molecule has 1 N–H and O–H groups in total. The summed E-state index contributed by atoms with van der Waals surface area (Å²) in [4.78, 5) is 24.2. The van der Waals surface area contributed by atoms with Gasteiger partial charge in [-0.15, -0.1) is 0 Å². The first-order valence-corrected chi connectivity index (χ1v) is 6.28. The molecule has 1 amide bonds. The average Bonchev–Trinajstić information content (AvgIpc) is 2.71. The summed E-state index contributed by atoms with van der Waals surface area (Å²) >= 11 is 0. The number of carboxylic acid groups (broad SMARTS) is 1. The topological polar surface area (TPSA) is 92.9 Å². The van der Waals surface area contributed by atoms with E-state index in [9.17, 15) is 9.59 Å². The summed E-state index contributed by atoms with van der Waals surface area (Å²) in [5, 5.41) is 12.4. The maximum Gasteiger partial charge on any atom is 0.410 e. The zero-order valence-electron chi connectivity index (χ0n) is 12.3. The van der Waals surface area contributed by atoms with Crippen molar-refractivity contribution in [1.82, 2.24) is 10.1 Å². The largest absolute Gasteiger partial charge is 0.475 e. The Bertz CT molecular complexity index is 487. The molecule has 1 heterocycles. The van der Waals surface area contributed by atoms with Crippen LogP contribution in [0.5, 0.6) is 0 Å². The Morgan fingerprint density at radius 1 is 1.45 bits per heavy atom. The van der Waals surface area contributed by atoms with Gasteiger partial charge in [0.2, 0.25) is 5.76 Å². The number of hydrogen-bond donors (Lipinski definition) is 1. The minimum Gasteiger partial charge on any atom is -0.475 e. The van der Waals surface area contributed by atoms with Crippen molar-refractivity contribution in [2.24, 2.45) is 0 Å². The molecule has 0 aliphatic carbocycles. The maximum atomic E-state index is 12.1. The van der Waals surface area contributed by atoms with Crippen LogP contribution in [0.2, 0.25) is 0 Å². The molecule has 0 bridgehead atoms. The summed E-state index contributed by atoms with van der Waals surface area (Å²) in [5.41, 5.74) is -0.234. The van der Waals surface area contributed by atoms with E-state index in [1.165, 1.54) is 11.0 Å². The van der Waals surface area contributed by atoms with Crippen molar-refractivity contribution in [2.45, 2.75) is 52.8 Å². The van der Waals surface area contributed by atoms with Gasteiger partial charge in [0, 0.05) is 12.1 Å². The smallest absolute Gasteiger partial charge is 0.410 e. The molecular formula is C13H20N2O5. The number of nitrogens with zero attached hydrogens (tertiary/aromatic N) is 2. The molecule has 112 valence electrons. The quantitative estimate of drug-likeness (QED) is 0.913. The summed E-state index contributed by atoms with van der Waals surface area (Å²) in [7, 11) is 0. The van der Waals surface area contributed by atoms with Gasteiger partial charge in [0.05, 0.1) is 6.54 Å². The predicted molar refractivity (Wildman–Crippen MR) is 70.4 cm³/mol. The van der Waals surface area contributed by atoms with Crippen LogP contribution in [0.4, 0.5) is 4.79 Å². The zero-order chi connectivity index (χ0) is 15.5. The van der Waals surface area contributed by atoms with Crippen LogP contribution >= 0.6 is 0 Å². The van der Waals surface area contributed by atoms with Crippen LogP contribution in [-0.4, -0.2) is 38.9 Å². The van der Waals surface area contributed by atoms with Gasteiger partial charge >= 0.3 is 12.1 Å². The molecule has 0 spiro atoms. The summed E-state index contributed by atoms with van der Waals surface area (Å²) in [6, 6.07) is 1.18. The van der Waals surface area contributed by atoms with E-state index in [1.54, 1.807) is 20.8 Å². The monoisotopic (exact) mass is 284 g/mol. The van der Waals surface area contributed by atoms with E-state index in [4.69, 9.17) is 9.84 Å². The van der Waals surface area contributed by atoms with Crippen LogP contribution in [0.25, 0.3) is 0 Å². The summed E-state index contributed by atoms with van der Waals surface area (Å²) in [6.07, 6.45) is -0.479. The van der Waals surface area contributed by atoms with Crippen molar-refractivity contribution in [3.63, 3.8) is 0 Å². The highest BCUT2D eigenvalue weighted by atomic mass is 16.6. The first-order valence-electron chi connectivity index (χ1n) is 6.28. The van der Waals surface area contributed by atoms with Gasteiger partial charge in [-0.1, -0.05) is 5.16 Å². The third-order valence-corrected chi connectivity index (χ3v) is 2.35. The number of hydrogen-bond acceptors (Lipinski definition) is 5. The standard InChI is InChI=1S/C13H20N2O5/c1-8(2)15(12(18)19-13(3,4)5)7-9-6-10(11(16)17)20-14-9/h6,8H,7H2,1-5H3,(H,16,17). The van der Waals surface area contributed by atoms with Gasteiger partial charge in [-0.2, -0.15) is 0 Å². The molecule has 0 saturated carbocycles. The van der Waals surface area contributed by atoms with Gasteiger partial charge in [-0.25, -0.2) is 9.59 Å². The number of amides is 1. The van der Waals surface area contributed by atoms with Crippen molar-refractivity contribution in [1.29, 1.82) is 0 Å². The molecule has 7 heteroatoms. The molecular weight excluding hydrogens is 264 g/mol. The number of aromatic nitrogens is 1. The van der Waals surface area contributed by atoms with E-state index in [0.29, 0.717) is 5.69 Å². The minimum absolute atomic E-state index is 0.116. The molecule has 1 rings (SSSR count). The molecule has 0 saturated heterocycles. The number of rotatable bonds is 4. The summed E-state index contributed by atoms with van der Waals surface area (Å²) < 4.78 is 9.96. The number of carboxylic acids is 1. The first kappa shape index (κ1) is 16.0. The van der Waals surface area contributed by atoms with E-state index in [1.807, 2.05) is 13.8 Å². The van der Waals surface area contributed by atoms with Crippen molar-refractivity contribution in [3.05, 3.63) is 17.5 Å². The highest BCUT2D eigenvalue weighted by Crippen LogP contribution is 2.15. The number of ether oxygens (including phenoxy) is 1. The second kappa shape index (κ2) is 5.94. The molecule has 0 fully saturated rings. The van der Waals surface area contributed by atoms with E-state index < -0.39 is 17.7 Å². The normalized spacial score (nSPS) is 11.5. The lowest BCUT2D eigenvalue weighted by Crippen LogP contribution is -2.40. The number of carbonyl (C=O) groups is 2. The molecule has 1 aromatic heterocycles.